The lowest BCUT2D eigenvalue weighted by atomic mass is 10.0. The second-order valence-electron chi connectivity index (χ2n) is 5.26. The first-order chi connectivity index (χ1) is 10.2. The Morgan fingerprint density at radius 2 is 1.95 bits per heavy atom. The molecule has 0 radical (unpaired) electrons. The van der Waals surface area contributed by atoms with Gasteiger partial charge in [-0.2, -0.15) is 0 Å². The summed E-state index contributed by atoms with van der Waals surface area (Å²) >= 11 is 1.64. The molecule has 2 N–H and O–H groups in total. The van der Waals surface area contributed by atoms with Crippen LogP contribution in [0.4, 0.5) is 15.2 Å². The topological polar surface area (TPSA) is 45.4 Å². The maximum absolute atomic E-state index is 14.2. The highest BCUT2D eigenvalue weighted by atomic mass is 32.1. The van der Waals surface area contributed by atoms with E-state index >= 15 is 0 Å². The van der Waals surface area contributed by atoms with E-state index in [1.807, 2.05) is 24.6 Å². The summed E-state index contributed by atoms with van der Waals surface area (Å²) in [5, 5.41) is 3.02. The average Bonchev–Trinajstić information content (AvgIpc) is 3.01. The van der Waals surface area contributed by atoms with Crippen molar-refractivity contribution in [3.63, 3.8) is 0 Å². The summed E-state index contributed by atoms with van der Waals surface area (Å²) < 4.78 is 14.2. The molecule has 1 fully saturated rings. The van der Waals surface area contributed by atoms with Crippen LogP contribution >= 0.6 is 11.3 Å². The molecule has 1 aliphatic heterocycles. The number of rotatable bonds is 3. The van der Waals surface area contributed by atoms with E-state index in [1.165, 1.54) is 6.07 Å². The van der Waals surface area contributed by atoms with Gasteiger partial charge in [0.25, 0.3) is 0 Å². The molecule has 4 nitrogen and oxygen atoms in total. The largest absolute Gasteiger partial charge is 0.365 e. The minimum atomic E-state index is -0.188. The Balaban J connectivity index is 1.78. The van der Waals surface area contributed by atoms with E-state index in [0.717, 1.165) is 36.9 Å². The lowest BCUT2D eigenvalue weighted by Crippen LogP contribution is -2.47. The molecule has 0 saturated carbocycles. The predicted octanol–water partition coefficient (Wildman–Crippen LogP) is 2.63. The standard InChI is InChI=1S/C15H19FN4S/c1-11(17)12-3-2-4-13(16)14(12)19-6-8-20(9-7-19)15-18-5-10-21-15/h2-5,10-11H,6-9,17H2,1H3. The molecule has 112 valence electrons. The van der Waals surface area contributed by atoms with Crippen LogP contribution in [-0.4, -0.2) is 31.2 Å². The van der Waals surface area contributed by atoms with Gasteiger partial charge in [0.2, 0.25) is 0 Å². The highest BCUT2D eigenvalue weighted by Crippen LogP contribution is 2.30. The molecule has 6 heteroatoms. The third-order valence-electron chi connectivity index (χ3n) is 3.79. The van der Waals surface area contributed by atoms with E-state index in [9.17, 15) is 4.39 Å². The van der Waals surface area contributed by atoms with Crippen LogP contribution in [0.25, 0.3) is 0 Å². The van der Waals surface area contributed by atoms with Crippen LogP contribution in [0, 0.1) is 5.82 Å². The normalized spacial score (nSPS) is 17.1. The Hall–Kier alpha value is -1.66. The van der Waals surface area contributed by atoms with Gasteiger partial charge in [-0.3, -0.25) is 0 Å². The number of benzene rings is 1. The van der Waals surface area contributed by atoms with E-state index in [-0.39, 0.29) is 11.9 Å². The lowest BCUT2D eigenvalue weighted by molar-refractivity contribution is 0.590. The van der Waals surface area contributed by atoms with Crippen molar-refractivity contribution in [2.24, 2.45) is 5.73 Å². The fraction of sp³-hybridized carbons (Fsp3) is 0.400. The summed E-state index contributed by atoms with van der Waals surface area (Å²) in [4.78, 5) is 8.67. The molecule has 2 aromatic rings. The molecule has 1 aromatic heterocycles. The molecule has 0 aliphatic carbocycles. The summed E-state index contributed by atoms with van der Waals surface area (Å²) in [5.41, 5.74) is 7.51. The molecule has 1 unspecified atom stereocenters. The van der Waals surface area contributed by atoms with Crippen LogP contribution in [0.15, 0.2) is 29.8 Å². The summed E-state index contributed by atoms with van der Waals surface area (Å²) in [7, 11) is 0. The van der Waals surface area contributed by atoms with Crippen molar-refractivity contribution < 1.29 is 4.39 Å². The number of piperazine rings is 1. The molecule has 1 atom stereocenters. The van der Waals surface area contributed by atoms with E-state index in [2.05, 4.69) is 14.8 Å². The summed E-state index contributed by atoms with van der Waals surface area (Å²) in [6, 6.07) is 4.97. The number of hydrogen-bond acceptors (Lipinski definition) is 5. The molecule has 21 heavy (non-hydrogen) atoms. The minimum Gasteiger partial charge on any atom is -0.365 e. The monoisotopic (exact) mass is 306 g/mol. The Morgan fingerprint density at radius 1 is 1.24 bits per heavy atom. The number of nitrogens with zero attached hydrogens (tertiary/aromatic N) is 3. The van der Waals surface area contributed by atoms with Gasteiger partial charge >= 0.3 is 0 Å². The average molecular weight is 306 g/mol. The molecular formula is C15H19FN4S. The number of aromatic nitrogens is 1. The van der Waals surface area contributed by atoms with Crippen molar-refractivity contribution in [3.05, 3.63) is 41.2 Å². The number of nitrogens with two attached hydrogens (primary N) is 1. The predicted molar refractivity (Wildman–Crippen MR) is 85.5 cm³/mol. The van der Waals surface area contributed by atoms with Gasteiger partial charge in [0.15, 0.2) is 5.13 Å². The van der Waals surface area contributed by atoms with Gasteiger partial charge < -0.3 is 15.5 Å². The number of para-hydroxylation sites is 1. The molecule has 0 amide bonds. The van der Waals surface area contributed by atoms with Crippen molar-refractivity contribution in [1.82, 2.24) is 4.98 Å². The smallest absolute Gasteiger partial charge is 0.185 e. The van der Waals surface area contributed by atoms with Crippen LogP contribution in [0.3, 0.4) is 0 Å². The number of halogens is 1. The summed E-state index contributed by atoms with van der Waals surface area (Å²) in [6.45, 7) is 5.14. The maximum Gasteiger partial charge on any atom is 0.185 e. The number of anilines is 2. The molecule has 3 rings (SSSR count). The van der Waals surface area contributed by atoms with Gasteiger partial charge in [-0.25, -0.2) is 9.37 Å². The Kier molecular flexibility index (Phi) is 4.07. The van der Waals surface area contributed by atoms with Gasteiger partial charge in [0.1, 0.15) is 5.82 Å². The molecule has 1 aromatic carbocycles. The molecule has 1 saturated heterocycles. The van der Waals surface area contributed by atoms with Gasteiger partial charge in [0, 0.05) is 43.8 Å². The third-order valence-corrected chi connectivity index (χ3v) is 4.63. The fourth-order valence-electron chi connectivity index (χ4n) is 2.73. The van der Waals surface area contributed by atoms with Crippen LogP contribution < -0.4 is 15.5 Å². The fourth-order valence-corrected chi connectivity index (χ4v) is 3.42. The lowest BCUT2D eigenvalue weighted by Gasteiger charge is -2.37. The second kappa shape index (κ2) is 5.99. The highest BCUT2D eigenvalue weighted by Gasteiger charge is 2.23. The summed E-state index contributed by atoms with van der Waals surface area (Å²) in [6.07, 6.45) is 1.82. The molecule has 0 bridgehead atoms. The molecular weight excluding hydrogens is 287 g/mol. The van der Waals surface area contributed by atoms with Gasteiger partial charge in [-0.05, 0) is 18.6 Å². The molecule has 1 aliphatic rings. The first kappa shape index (κ1) is 14.3. The van der Waals surface area contributed by atoms with Gasteiger partial charge in [0.05, 0.1) is 5.69 Å². The third kappa shape index (κ3) is 2.87. The number of hydrogen-bond donors (Lipinski definition) is 1. The quantitative estimate of drug-likeness (QED) is 0.947. The van der Waals surface area contributed by atoms with E-state index in [1.54, 1.807) is 17.4 Å². The van der Waals surface area contributed by atoms with Crippen molar-refractivity contribution in [2.45, 2.75) is 13.0 Å². The van der Waals surface area contributed by atoms with Crippen LogP contribution in [0.2, 0.25) is 0 Å². The first-order valence-electron chi connectivity index (χ1n) is 7.10. The molecule has 0 spiro atoms. The minimum absolute atomic E-state index is 0.173. The first-order valence-corrected chi connectivity index (χ1v) is 7.98. The van der Waals surface area contributed by atoms with Gasteiger partial charge in [-0.1, -0.05) is 12.1 Å². The van der Waals surface area contributed by atoms with Crippen molar-refractivity contribution in [3.8, 4) is 0 Å². The van der Waals surface area contributed by atoms with Crippen molar-refractivity contribution >= 4 is 22.2 Å². The highest BCUT2D eigenvalue weighted by molar-refractivity contribution is 7.13. The summed E-state index contributed by atoms with van der Waals surface area (Å²) in [5.74, 6) is -0.188. The van der Waals surface area contributed by atoms with E-state index in [4.69, 9.17) is 5.73 Å². The second-order valence-corrected chi connectivity index (χ2v) is 6.13. The maximum atomic E-state index is 14.2. The van der Waals surface area contributed by atoms with Crippen molar-refractivity contribution in [1.29, 1.82) is 0 Å². The number of thiazole rings is 1. The zero-order chi connectivity index (χ0) is 14.8. The van der Waals surface area contributed by atoms with Crippen LogP contribution in [-0.2, 0) is 0 Å². The molecule has 2 heterocycles. The van der Waals surface area contributed by atoms with Gasteiger partial charge in [-0.15, -0.1) is 11.3 Å². The Morgan fingerprint density at radius 3 is 2.57 bits per heavy atom. The zero-order valence-corrected chi connectivity index (χ0v) is 12.8. The van der Waals surface area contributed by atoms with Crippen molar-refractivity contribution in [2.75, 3.05) is 36.0 Å². The Bertz CT molecular complexity index is 592. The SMILES string of the molecule is CC(N)c1cccc(F)c1N1CCN(c2nccs2)CC1. The Labute approximate surface area is 128 Å². The van der Waals surface area contributed by atoms with Crippen LogP contribution in [0.1, 0.15) is 18.5 Å². The van der Waals surface area contributed by atoms with E-state index in [0.29, 0.717) is 5.69 Å². The van der Waals surface area contributed by atoms with E-state index < -0.39 is 0 Å². The van der Waals surface area contributed by atoms with Crippen LogP contribution in [0.5, 0.6) is 0 Å². The zero-order valence-electron chi connectivity index (χ0n) is 12.0.